The van der Waals surface area contributed by atoms with Crippen molar-refractivity contribution in [3.05, 3.63) is 12.2 Å². The van der Waals surface area contributed by atoms with Gasteiger partial charge in [-0.1, -0.05) is 13.8 Å². The molecule has 0 fully saturated rings. The van der Waals surface area contributed by atoms with Gasteiger partial charge in [0.05, 0.1) is 0 Å². The molecule has 0 rings (SSSR count). The van der Waals surface area contributed by atoms with E-state index in [1.807, 2.05) is 13.8 Å². The summed E-state index contributed by atoms with van der Waals surface area (Å²) in [6.45, 7) is 8.75. The van der Waals surface area contributed by atoms with Crippen molar-refractivity contribution in [1.82, 2.24) is 0 Å². The molecule has 0 atom stereocenters. The average molecular weight is 145 g/mol. The molecule has 37 valence electrons. The molecular weight excluding hydrogens is 138 g/mol. The molecule has 1 radical (unpaired) electrons. The Morgan fingerprint density at radius 1 is 1.33 bits per heavy atom. The normalized spacial score (nSPS) is 4.33. The first kappa shape index (κ1) is 16.0. The van der Waals surface area contributed by atoms with Gasteiger partial charge in [0, 0.05) is 0 Å². The van der Waals surface area contributed by atoms with E-state index < -0.39 is 0 Å². The van der Waals surface area contributed by atoms with Crippen molar-refractivity contribution in [1.29, 1.82) is 0 Å². The summed E-state index contributed by atoms with van der Waals surface area (Å²) in [7, 11) is 0. The first-order chi connectivity index (χ1) is 1.73. The van der Waals surface area contributed by atoms with Crippen molar-refractivity contribution in [2.24, 2.45) is 0 Å². The van der Waals surface area contributed by atoms with Crippen molar-refractivity contribution in [2.45, 2.75) is 13.8 Å². The van der Waals surface area contributed by atoms with Crippen molar-refractivity contribution >= 4 is 0 Å². The number of halogens is 1. The average Bonchev–Trinajstić information content (AvgIpc) is 0.811. The fourth-order valence-electron chi connectivity index (χ4n) is 0. The van der Waals surface area contributed by atoms with Crippen LogP contribution in [0.5, 0.6) is 0 Å². The van der Waals surface area contributed by atoms with Gasteiger partial charge in [0.15, 0.2) is 0 Å². The zero-order valence-corrected chi connectivity index (χ0v) is 5.77. The molecule has 2 heteroatoms. The van der Waals surface area contributed by atoms with E-state index >= 15 is 0 Å². The van der Waals surface area contributed by atoms with Crippen LogP contribution < -0.4 is 12.4 Å². The molecule has 0 aliphatic heterocycles. The Balaban J connectivity index is -0.0000000450. The third-order valence-corrected chi connectivity index (χ3v) is 0. The first-order valence-electron chi connectivity index (χ1n) is 1.29. The molecule has 0 nitrogen and oxygen atoms in total. The Kier molecular flexibility index (Phi) is 24.3. The smallest absolute Gasteiger partial charge is 1.00 e. The predicted octanol–water partition coefficient (Wildman–Crippen LogP) is -1.61. The maximum atomic E-state index is 5.03. The van der Waals surface area contributed by atoms with Crippen LogP contribution in [0.4, 0.5) is 0 Å². The fraction of sp³-hybridized carbons (Fsp3) is 0.500. The second-order valence-corrected chi connectivity index (χ2v) is 1.08. The monoisotopic (exact) mass is 145 g/mol. The predicted molar refractivity (Wildman–Crippen MR) is 19.2 cm³/mol. The maximum Gasteiger partial charge on any atom is 2.00 e. The van der Waals surface area contributed by atoms with E-state index in [0.29, 0.717) is 0 Å². The summed E-state index contributed by atoms with van der Waals surface area (Å²) in [5.41, 5.74) is 0.917. The standard InChI is InChI=1S/C4H7.ClH.Mn/c1-4(2)3;;/h1H,2-3H3;1H;/q-1;;+2/p-1. The molecule has 0 N–H and O–H groups in total. The summed E-state index contributed by atoms with van der Waals surface area (Å²) in [6, 6.07) is 0. The third kappa shape index (κ3) is 190. The molecule has 0 aliphatic rings. The van der Waals surface area contributed by atoms with Crippen molar-refractivity contribution < 1.29 is 29.5 Å². The quantitative estimate of drug-likeness (QED) is 0.284. The van der Waals surface area contributed by atoms with Crippen LogP contribution in [-0.4, -0.2) is 0 Å². The van der Waals surface area contributed by atoms with Crippen molar-refractivity contribution in [3.8, 4) is 0 Å². The van der Waals surface area contributed by atoms with Gasteiger partial charge in [-0.15, -0.1) is 0 Å². The molecule has 0 saturated carbocycles. The van der Waals surface area contributed by atoms with E-state index in [1.165, 1.54) is 0 Å². The van der Waals surface area contributed by atoms with Crippen LogP contribution in [-0.2, 0) is 17.1 Å². The molecule has 0 unspecified atom stereocenters. The number of hydrogen-bond donors (Lipinski definition) is 0. The van der Waals surface area contributed by atoms with Gasteiger partial charge in [-0.25, -0.2) is 0 Å². The molecule has 0 bridgehead atoms. The van der Waals surface area contributed by atoms with Gasteiger partial charge in [0.25, 0.3) is 0 Å². The summed E-state index contributed by atoms with van der Waals surface area (Å²) in [4.78, 5) is 0. The Bertz CT molecular complexity index is 30.5. The second kappa shape index (κ2) is 9.12. The van der Waals surface area contributed by atoms with E-state index in [4.69, 9.17) is 6.58 Å². The topological polar surface area (TPSA) is 0 Å². The van der Waals surface area contributed by atoms with Gasteiger partial charge in [0.2, 0.25) is 0 Å². The summed E-state index contributed by atoms with van der Waals surface area (Å²) < 4.78 is 0. The largest absolute Gasteiger partial charge is 2.00 e. The Hall–Kier alpha value is 0.549. The molecule has 0 amide bonds. The molecule has 0 spiro atoms. The van der Waals surface area contributed by atoms with Crippen LogP contribution in [0.25, 0.3) is 0 Å². The van der Waals surface area contributed by atoms with Crippen LogP contribution in [0.1, 0.15) is 13.8 Å². The zero-order chi connectivity index (χ0) is 3.58. The van der Waals surface area contributed by atoms with Gasteiger partial charge in [-0.3, -0.25) is 5.57 Å². The molecule has 0 aromatic rings. The summed E-state index contributed by atoms with van der Waals surface area (Å²) in [6.07, 6.45) is 0. The van der Waals surface area contributed by atoms with Crippen LogP contribution >= 0.6 is 0 Å². The molecule has 6 heavy (non-hydrogen) atoms. The Morgan fingerprint density at radius 3 is 1.33 bits per heavy atom. The fourth-order valence-corrected chi connectivity index (χ4v) is 0. The van der Waals surface area contributed by atoms with E-state index in [9.17, 15) is 0 Å². The van der Waals surface area contributed by atoms with Crippen molar-refractivity contribution in [2.75, 3.05) is 0 Å². The van der Waals surface area contributed by atoms with E-state index in [-0.39, 0.29) is 29.5 Å². The van der Waals surface area contributed by atoms with Crippen LogP contribution in [0.15, 0.2) is 5.57 Å². The summed E-state index contributed by atoms with van der Waals surface area (Å²) >= 11 is 0. The van der Waals surface area contributed by atoms with E-state index in [1.54, 1.807) is 0 Å². The minimum Gasteiger partial charge on any atom is -1.00 e. The Morgan fingerprint density at radius 2 is 1.33 bits per heavy atom. The van der Waals surface area contributed by atoms with E-state index in [2.05, 4.69) is 0 Å². The van der Waals surface area contributed by atoms with Gasteiger partial charge in [0.1, 0.15) is 0 Å². The zero-order valence-electron chi connectivity index (χ0n) is 3.83. The molecule has 0 aliphatic carbocycles. The van der Waals surface area contributed by atoms with Gasteiger partial charge >= 0.3 is 17.1 Å². The second-order valence-electron chi connectivity index (χ2n) is 1.08. The maximum absolute atomic E-state index is 5.03. The minimum absolute atomic E-state index is 0. The van der Waals surface area contributed by atoms with Crippen LogP contribution in [0.3, 0.4) is 0 Å². The van der Waals surface area contributed by atoms with Gasteiger partial charge in [-0.05, 0) is 0 Å². The molecule has 0 aromatic carbocycles. The van der Waals surface area contributed by atoms with Crippen molar-refractivity contribution in [3.63, 3.8) is 0 Å². The molecular formula is C4H7ClMn. The molecule has 0 saturated heterocycles. The van der Waals surface area contributed by atoms with E-state index in [0.717, 1.165) is 5.57 Å². The third-order valence-electron chi connectivity index (χ3n) is 0. The minimum atomic E-state index is 0. The number of rotatable bonds is 0. The summed E-state index contributed by atoms with van der Waals surface area (Å²) in [5.74, 6) is 0. The number of allylic oxidation sites excluding steroid dienone is 1. The number of hydrogen-bond acceptors (Lipinski definition) is 0. The van der Waals surface area contributed by atoms with Gasteiger partial charge < -0.3 is 19.0 Å². The SMILES string of the molecule is [CH-]=C(C)C.[Cl-].[Mn+2]. The van der Waals surface area contributed by atoms with Gasteiger partial charge in [-0.2, -0.15) is 0 Å². The molecule has 0 heterocycles. The van der Waals surface area contributed by atoms with Crippen LogP contribution in [0.2, 0.25) is 0 Å². The van der Waals surface area contributed by atoms with Crippen LogP contribution in [0, 0.1) is 6.58 Å². The molecule has 0 aromatic heterocycles. The summed E-state index contributed by atoms with van der Waals surface area (Å²) in [5, 5.41) is 0. The Labute approximate surface area is 55.9 Å². The first-order valence-corrected chi connectivity index (χ1v) is 1.29.